The summed E-state index contributed by atoms with van der Waals surface area (Å²) in [7, 11) is 0. The minimum atomic E-state index is -0.814. The standard InChI is InChI=1S/C36H48N6O2/c1-23-15-24(2)20-42(19-23)32-18-31(37-22-38-32)41-12-9-27-16-28(7-8-29(27)21-41)34-26(4)39-25(3)30(17-33(43)44)35(34)40-13-10-36(5,6)11-14-40/h7-8,16,18,22-24H,9-15,17,19-21H2,1-6H3,(H,43,44). The predicted octanol–water partition coefficient (Wildman–Crippen LogP) is 6.45. The van der Waals surface area contributed by atoms with Gasteiger partial charge in [-0.2, -0.15) is 0 Å². The van der Waals surface area contributed by atoms with Crippen LogP contribution in [0.2, 0.25) is 0 Å². The summed E-state index contributed by atoms with van der Waals surface area (Å²) in [6, 6.07) is 8.97. The van der Waals surface area contributed by atoms with Crippen molar-refractivity contribution in [2.75, 3.05) is 47.4 Å². The van der Waals surface area contributed by atoms with Crippen LogP contribution in [-0.2, 0) is 24.2 Å². The Bertz CT molecular complexity index is 1530. The van der Waals surface area contributed by atoms with E-state index in [1.165, 1.54) is 17.5 Å². The first-order valence-corrected chi connectivity index (χ1v) is 16.4. The van der Waals surface area contributed by atoms with Crippen LogP contribution in [0, 0.1) is 31.1 Å². The number of hydrogen-bond acceptors (Lipinski definition) is 7. The fourth-order valence-corrected chi connectivity index (χ4v) is 7.70. The predicted molar refractivity (Wildman–Crippen MR) is 178 cm³/mol. The number of benzene rings is 1. The number of carbonyl (C=O) groups is 1. The van der Waals surface area contributed by atoms with E-state index < -0.39 is 5.97 Å². The summed E-state index contributed by atoms with van der Waals surface area (Å²) in [5.41, 5.74) is 8.87. The lowest BCUT2D eigenvalue weighted by Crippen LogP contribution is -2.39. The Balaban J connectivity index is 1.30. The molecule has 8 heteroatoms. The van der Waals surface area contributed by atoms with Crippen molar-refractivity contribution in [3.05, 3.63) is 58.7 Å². The van der Waals surface area contributed by atoms with E-state index in [1.54, 1.807) is 6.33 Å². The second-order valence-electron chi connectivity index (χ2n) is 14.4. The molecule has 0 radical (unpaired) electrons. The molecule has 5 heterocycles. The number of anilines is 3. The molecule has 2 saturated heterocycles. The van der Waals surface area contributed by atoms with Crippen LogP contribution in [0.15, 0.2) is 30.6 Å². The number of fused-ring (bicyclic) bond motifs is 1. The van der Waals surface area contributed by atoms with E-state index in [1.807, 2.05) is 6.92 Å². The Morgan fingerprint density at radius 3 is 2.27 bits per heavy atom. The van der Waals surface area contributed by atoms with Crippen LogP contribution < -0.4 is 14.7 Å². The highest BCUT2D eigenvalue weighted by molar-refractivity contribution is 5.86. The van der Waals surface area contributed by atoms with Gasteiger partial charge in [-0.15, -0.1) is 0 Å². The largest absolute Gasteiger partial charge is 0.481 e. The van der Waals surface area contributed by atoms with Crippen LogP contribution in [0.4, 0.5) is 17.3 Å². The maximum atomic E-state index is 12.0. The molecule has 8 nitrogen and oxygen atoms in total. The zero-order chi connectivity index (χ0) is 31.2. The first-order valence-electron chi connectivity index (χ1n) is 16.4. The topological polar surface area (TPSA) is 85.7 Å². The molecule has 2 aromatic heterocycles. The van der Waals surface area contributed by atoms with Crippen molar-refractivity contribution in [1.82, 2.24) is 15.0 Å². The Morgan fingerprint density at radius 2 is 1.59 bits per heavy atom. The fraction of sp³-hybridized carbons (Fsp3) is 0.556. The van der Waals surface area contributed by atoms with Gasteiger partial charge in [-0.1, -0.05) is 45.9 Å². The van der Waals surface area contributed by atoms with Crippen molar-refractivity contribution in [1.29, 1.82) is 0 Å². The van der Waals surface area contributed by atoms with Crippen molar-refractivity contribution in [2.24, 2.45) is 17.3 Å². The maximum absolute atomic E-state index is 12.0. The molecule has 1 aromatic carbocycles. The van der Waals surface area contributed by atoms with Crippen LogP contribution in [-0.4, -0.2) is 58.8 Å². The van der Waals surface area contributed by atoms with Gasteiger partial charge in [0.05, 0.1) is 12.1 Å². The van der Waals surface area contributed by atoms with Gasteiger partial charge in [-0.05, 0) is 73.5 Å². The third-order valence-electron chi connectivity index (χ3n) is 10.1. The molecule has 3 aromatic rings. The second kappa shape index (κ2) is 12.0. The van der Waals surface area contributed by atoms with Gasteiger partial charge in [0.25, 0.3) is 0 Å². The number of pyridine rings is 1. The van der Waals surface area contributed by atoms with Crippen molar-refractivity contribution >= 4 is 23.3 Å². The minimum absolute atomic E-state index is 0.0165. The smallest absolute Gasteiger partial charge is 0.307 e. The number of carboxylic acid groups (broad SMARTS) is 1. The SMILES string of the molecule is Cc1nc(C)c(-c2ccc3c(c2)CCN(c2cc(N4CC(C)CC(C)C4)ncn2)C3)c(N2CCC(C)(C)CC2)c1CC(=O)O. The molecule has 3 aliphatic heterocycles. The van der Waals surface area contributed by atoms with Gasteiger partial charge in [0, 0.05) is 67.8 Å². The highest BCUT2D eigenvalue weighted by atomic mass is 16.4. The van der Waals surface area contributed by atoms with Crippen molar-refractivity contribution in [3.8, 4) is 11.1 Å². The molecular weight excluding hydrogens is 548 g/mol. The molecule has 2 unspecified atom stereocenters. The number of carboxylic acids is 1. The molecule has 0 saturated carbocycles. The van der Waals surface area contributed by atoms with Gasteiger partial charge in [-0.25, -0.2) is 9.97 Å². The monoisotopic (exact) mass is 596 g/mol. The summed E-state index contributed by atoms with van der Waals surface area (Å²) in [6.07, 6.45) is 6.07. The summed E-state index contributed by atoms with van der Waals surface area (Å²) in [5.74, 6) is 2.54. The van der Waals surface area contributed by atoms with Crippen LogP contribution in [0.3, 0.4) is 0 Å². The Hall–Kier alpha value is -3.68. The number of piperidine rings is 2. The quantitative estimate of drug-likeness (QED) is 0.347. The number of hydrogen-bond donors (Lipinski definition) is 1. The molecule has 0 aliphatic carbocycles. The first-order chi connectivity index (χ1) is 21.0. The normalized spacial score (nSPS) is 21.7. The number of aryl methyl sites for hydroxylation is 2. The third-order valence-corrected chi connectivity index (χ3v) is 10.1. The molecule has 2 fully saturated rings. The van der Waals surface area contributed by atoms with Crippen molar-refractivity contribution in [2.45, 2.75) is 80.2 Å². The average Bonchev–Trinajstić information content (AvgIpc) is 2.97. The Morgan fingerprint density at radius 1 is 0.909 bits per heavy atom. The lowest BCUT2D eigenvalue weighted by Gasteiger charge is -2.40. The molecule has 0 spiro atoms. The van der Waals surface area contributed by atoms with Gasteiger partial charge in [0.2, 0.25) is 0 Å². The third kappa shape index (κ3) is 6.26. The molecule has 3 aliphatic rings. The van der Waals surface area contributed by atoms with Crippen molar-refractivity contribution < 1.29 is 9.90 Å². The van der Waals surface area contributed by atoms with Gasteiger partial charge < -0.3 is 19.8 Å². The molecule has 2 atom stereocenters. The maximum Gasteiger partial charge on any atom is 0.307 e. The van der Waals surface area contributed by atoms with Gasteiger partial charge in [0.1, 0.15) is 18.0 Å². The summed E-state index contributed by atoms with van der Waals surface area (Å²) in [5, 5.41) is 9.86. The number of aliphatic carboxylic acids is 1. The Kier molecular flexibility index (Phi) is 8.29. The first kappa shape index (κ1) is 30.4. The van der Waals surface area contributed by atoms with Gasteiger partial charge in [-0.3, -0.25) is 9.78 Å². The molecule has 0 amide bonds. The highest BCUT2D eigenvalue weighted by Gasteiger charge is 2.31. The molecule has 1 N–H and O–H groups in total. The minimum Gasteiger partial charge on any atom is -0.481 e. The molecule has 0 bridgehead atoms. The fourth-order valence-electron chi connectivity index (χ4n) is 7.70. The molecule has 6 rings (SSSR count). The molecule has 234 valence electrons. The summed E-state index contributed by atoms with van der Waals surface area (Å²) in [6.45, 7) is 19.0. The molecule has 44 heavy (non-hydrogen) atoms. The van der Waals surface area contributed by atoms with Crippen LogP contribution >= 0.6 is 0 Å². The number of aromatic nitrogens is 3. The van der Waals surface area contributed by atoms with Crippen LogP contribution in [0.25, 0.3) is 11.1 Å². The molecular formula is C36H48N6O2. The number of rotatable bonds is 6. The van der Waals surface area contributed by atoms with Crippen LogP contribution in [0.5, 0.6) is 0 Å². The highest BCUT2D eigenvalue weighted by Crippen LogP contribution is 2.42. The number of nitrogens with zero attached hydrogens (tertiary/aromatic N) is 6. The van der Waals surface area contributed by atoms with Gasteiger partial charge >= 0.3 is 5.97 Å². The van der Waals surface area contributed by atoms with E-state index in [4.69, 9.17) is 4.98 Å². The van der Waals surface area contributed by atoms with Crippen LogP contribution in [0.1, 0.15) is 75.0 Å². The zero-order valence-corrected chi connectivity index (χ0v) is 27.4. The van der Waals surface area contributed by atoms with E-state index in [9.17, 15) is 9.90 Å². The second-order valence-corrected chi connectivity index (χ2v) is 14.4. The van der Waals surface area contributed by atoms with E-state index in [-0.39, 0.29) is 6.42 Å². The summed E-state index contributed by atoms with van der Waals surface area (Å²) < 4.78 is 0. The van der Waals surface area contributed by atoms with E-state index >= 15 is 0 Å². The zero-order valence-electron chi connectivity index (χ0n) is 27.4. The van der Waals surface area contributed by atoms with E-state index in [2.05, 4.69) is 83.6 Å². The lowest BCUT2D eigenvalue weighted by atomic mass is 9.82. The van der Waals surface area contributed by atoms with E-state index in [0.717, 1.165) is 104 Å². The van der Waals surface area contributed by atoms with Crippen molar-refractivity contribution in [3.63, 3.8) is 0 Å². The lowest BCUT2D eigenvalue weighted by molar-refractivity contribution is -0.136. The van der Waals surface area contributed by atoms with Gasteiger partial charge in [0.15, 0.2) is 0 Å². The van der Waals surface area contributed by atoms with E-state index in [0.29, 0.717) is 17.3 Å². The Labute approximate surface area is 262 Å². The average molecular weight is 597 g/mol. The summed E-state index contributed by atoms with van der Waals surface area (Å²) >= 11 is 0. The summed E-state index contributed by atoms with van der Waals surface area (Å²) in [4.78, 5) is 33.5.